The molecule has 0 spiro atoms. The van der Waals surface area contributed by atoms with Crippen molar-refractivity contribution in [3.8, 4) is 0 Å². The van der Waals surface area contributed by atoms with Crippen molar-refractivity contribution in [1.29, 1.82) is 0 Å². The number of ether oxygens (including phenoxy) is 1. The molecule has 0 bridgehead atoms. The van der Waals surface area contributed by atoms with Crippen LogP contribution in [-0.2, 0) is 9.53 Å². The first-order valence-corrected chi connectivity index (χ1v) is 11.7. The Bertz CT molecular complexity index is 762. The van der Waals surface area contributed by atoms with Gasteiger partial charge in [0.05, 0.1) is 25.0 Å². The molecule has 1 aliphatic rings. The second-order valence-corrected chi connectivity index (χ2v) is 9.49. The maximum Gasteiger partial charge on any atom is 0.230 e. The van der Waals surface area contributed by atoms with Crippen LogP contribution in [0.25, 0.3) is 0 Å². The number of halogens is 1. The molecule has 1 N–H and O–H groups in total. The minimum absolute atomic E-state index is 0.0785. The van der Waals surface area contributed by atoms with Gasteiger partial charge in [-0.05, 0) is 48.6 Å². The van der Waals surface area contributed by atoms with Crippen LogP contribution >= 0.6 is 39.0 Å². The molecule has 0 saturated carbocycles. The van der Waals surface area contributed by atoms with Gasteiger partial charge in [-0.3, -0.25) is 9.69 Å². The van der Waals surface area contributed by atoms with Crippen molar-refractivity contribution in [2.75, 3.05) is 38.6 Å². The van der Waals surface area contributed by atoms with E-state index in [2.05, 4.69) is 69.6 Å². The zero-order valence-corrected chi connectivity index (χ0v) is 18.9. The quantitative estimate of drug-likeness (QED) is 0.610. The van der Waals surface area contributed by atoms with Gasteiger partial charge < -0.3 is 10.1 Å². The van der Waals surface area contributed by atoms with E-state index in [-0.39, 0.29) is 11.9 Å². The van der Waals surface area contributed by atoms with Gasteiger partial charge in [0, 0.05) is 33.9 Å². The molecule has 7 heteroatoms. The van der Waals surface area contributed by atoms with Gasteiger partial charge in [-0.15, -0.1) is 23.1 Å². The number of morpholine rings is 1. The number of benzene rings is 1. The Labute approximate surface area is 177 Å². The topological polar surface area (TPSA) is 41.6 Å². The van der Waals surface area contributed by atoms with E-state index in [1.54, 1.807) is 23.1 Å². The van der Waals surface area contributed by atoms with Crippen molar-refractivity contribution in [2.24, 2.45) is 0 Å². The fourth-order valence-electron chi connectivity index (χ4n) is 3.09. The predicted molar refractivity (Wildman–Crippen MR) is 117 cm³/mol. The largest absolute Gasteiger partial charge is 0.379 e. The maximum absolute atomic E-state index is 12.5. The zero-order chi connectivity index (χ0) is 19.2. The van der Waals surface area contributed by atoms with Crippen molar-refractivity contribution in [1.82, 2.24) is 10.2 Å². The average Bonchev–Trinajstić information content (AvgIpc) is 3.19. The molecule has 27 heavy (non-hydrogen) atoms. The molecule has 0 radical (unpaired) electrons. The standard InChI is InChI=1S/C20H25BrN2O2S2/c1-14-11-19(15(2)10-16(14)21)27-13-20(24)22-12-17(18-4-3-9-26-18)23-5-7-25-8-6-23/h3-4,9-11,17H,5-8,12-13H2,1-2H3,(H,22,24)/t17-/m1/s1. The van der Waals surface area contributed by atoms with E-state index in [9.17, 15) is 4.79 Å². The lowest BCUT2D eigenvalue weighted by Crippen LogP contribution is -2.43. The Balaban J connectivity index is 1.55. The first-order valence-electron chi connectivity index (χ1n) is 9.06. The van der Waals surface area contributed by atoms with Gasteiger partial charge in [-0.25, -0.2) is 0 Å². The predicted octanol–water partition coefficient (Wildman–Crippen LogP) is 4.41. The first-order chi connectivity index (χ1) is 13.0. The van der Waals surface area contributed by atoms with Gasteiger partial charge in [0.15, 0.2) is 0 Å². The molecule has 3 rings (SSSR count). The fraction of sp³-hybridized carbons (Fsp3) is 0.450. The molecular formula is C20H25BrN2O2S2. The summed E-state index contributed by atoms with van der Waals surface area (Å²) in [6.45, 7) is 8.12. The van der Waals surface area contributed by atoms with Crippen LogP contribution in [0.15, 0.2) is 39.0 Å². The van der Waals surface area contributed by atoms with Crippen LogP contribution in [0.3, 0.4) is 0 Å². The summed E-state index contributed by atoms with van der Waals surface area (Å²) in [5, 5.41) is 5.24. The average molecular weight is 469 g/mol. The first kappa shape index (κ1) is 20.9. The molecule has 0 aliphatic carbocycles. The number of thioether (sulfide) groups is 1. The minimum atomic E-state index is 0.0785. The van der Waals surface area contributed by atoms with Gasteiger partial charge in [0.1, 0.15) is 0 Å². The highest BCUT2D eigenvalue weighted by molar-refractivity contribution is 9.10. The highest BCUT2D eigenvalue weighted by atomic mass is 79.9. The smallest absolute Gasteiger partial charge is 0.230 e. The summed E-state index contributed by atoms with van der Waals surface area (Å²) in [6, 6.07) is 8.70. The van der Waals surface area contributed by atoms with Gasteiger partial charge in [-0.2, -0.15) is 0 Å². The summed E-state index contributed by atoms with van der Waals surface area (Å²) in [5.74, 6) is 0.511. The number of thiophene rings is 1. The molecule has 1 fully saturated rings. The molecule has 1 aromatic heterocycles. The Morgan fingerprint density at radius 3 is 2.81 bits per heavy atom. The van der Waals surface area contributed by atoms with Crippen molar-refractivity contribution >= 4 is 44.9 Å². The Morgan fingerprint density at radius 1 is 1.33 bits per heavy atom. The van der Waals surface area contributed by atoms with E-state index in [1.807, 2.05) is 0 Å². The second-order valence-electron chi connectivity index (χ2n) is 6.64. The number of carbonyl (C=O) groups excluding carboxylic acids is 1. The molecule has 0 unspecified atom stereocenters. The van der Waals surface area contributed by atoms with E-state index in [4.69, 9.17) is 4.74 Å². The van der Waals surface area contributed by atoms with Crippen LogP contribution in [0.1, 0.15) is 22.0 Å². The van der Waals surface area contributed by atoms with Crippen molar-refractivity contribution in [2.45, 2.75) is 24.8 Å². The molecule has 1 atom stereocenters. The third kappa shape index (κ3) is 5.81. The molecule has 1 amide bonds. The summed E-state index contributed by atoms with van der Waals surface area (Å²) in [7, 11) is 0. The molecule has 2 aromatic rings. The molecular weight excluding hydrogens is 444 g/mol. The summed E-state index contributed by atoms with van der Waals surface area (Å²) < 4.78 is 6.59. The molecule has 4 nitrogen and oxygen atoms in total. The van der Waals surface area contributed by atoms with E-state index in [0.29, 0.717) is 12.3 Å². The van der Waals surface area contributed by atoms with Crippen LogP contribution in [0.5, 0.6) is 0 Å². The Morgan fingerprint density at radius 2 is 2.11 bits per heavy atom. The van der Waals surface area contributed by atoms with Crippen molar-refractivity contribution < 1.29 is 9.53 Å². The third-order valence-electron chi connectivity index (χ3n) is 4.67. The zero-order valence-electron chi connectivity index (χ0n) is 15.7. The second kappa shape index (κ2) is 10.1. The summed E-state index contributed by atoms with van der Waals surface area (Å²) >= 11 is 6.90. The van der Waals surface area contributed by atoms with E-state index >= 15 is 0 Å². The highest BCUT2D eigenvalue weighted by Crippen LogP contribution is 2.29. The molecule has 1 saturated heterocycles. The lowest BCUT2D eigenvalue weighted by atomic mass is 10.2. The van der Waals surface area contributed by atoms with Crippen molar-refractivity contribution in [3.05, 3.63) is 50.1 Å². The van der Waals surface area contributed by atoms with Crippen LogP contribution in [0.2, 0.25) is 0 Å². The van der Waals surface area contributed by atoms with Crippen LogP contribution < -0.4 is 5.32 Å². The number of hydrogen-bond donors (Lipinski definition) is 1. The van der Waals surface area contributed by atoms with E-state index in [1.165, 1.54) is 16.0 Å². The van der Waals surface area contributed by atoms with Crippen LogP contribution in [0, 0.1) is 13.8 Å². The van der Waals surface area contributed by atoms with Crippen LogP contribution in [-0.4, -0.2) is 49.4 Å². The molecule has 1 aromatic carbocycles. The van der Waals surface area contributed by atoms with Gasteiger partial charge >= 0.3 is 0 Å². The number of nitrogens with one attached hydrogen (secondary N) is 1. The lowest BCUT2D eigenvalue weighted by molar-refractivity contribution is -0.118. The number of carbonyl (C=O) groups is 1. The summed E-state index contributed by atoms with van der Waals surface area (Å²) in [5.41, 5.74) is 2.38. The number of hydrogen-bond acceptors (Lipinski definition) is 5. The number of rotatable bonds is 7. The molecule has 1 aliphatic heterocycles. The Kier molecular flexibility index (Phi) is 7.78. The SMILES string of the molecule is Cc1cc(SCC(=O)NC[C@H](c2cccs2)N2CCOCC2)c(C)cc1Br. The monoisotopic (exact) mass is 468 g/mol. The van der Waals surface area contributed by atoms with Crippen LogP contribution in [0.4, 0.5) is 0 Å². The normalized spacial score (nSPS) is 16.3. The van der Waals surface area contributed by atoms with E-state index in [0.717, 1.165) is 35.7 Å². The number of amides is 1. The van der Waals surface area contributed by atoms with E-state index < -0.39 is 0 Å². The van der Waals surface area contributed by atoms with Gasteiger partial charge in [0.25, 0.3) is 0 Å². The highest BCUT2D eigenvalue weighted by Gasteiger charge is 2.24. The van der Waals surface area contributed by atoms with Gasteiger partial charge in [-0.1, -0.05) is 22.0 Å². The lowest BCUT2D eigenvalue weighted by Gasteiger charge is -2.34. The summed E-state index contributed by atoms with van der Waals surface area (Å²) in [4.78, 5) is 17.3. The summed E-state index contributed by atoms with van der Waals surface area (Å²) in [6.07, 6.45) is 0. The Hall–Kier alpha value is -0.860. The molecule has 146 valence electrons. The minimum Gasteiger partial charge on any atom is -0.379 e. The van der Waals surface area contributed by atoms with Gasteiger partial charge in [0.2, 0.25) is 5.91 Å². The van der Waals surface area contributed by atoms with Crippen molar-refractivity contribution in [3.63, 3.8) is 0 Å². The molecule has 2 heterocycles. The fourth-order valence-corrected chi connectivity index (χ4v) is 5.35. The number of aryl methyl sites for hydroxylation is 2. The maximum atomic E-state index is 12.5. The number of nitrogens with zero attached hydrogens (tertiary/aromatic N) is 1. The third-order valence-corrected chi connectivity index (χ3v) is 7.65.